The van der Waals surface area contributed by atoms with Crippen LogP contribution < -0.4 is 10.6 Å². The van der Waals surface area contributed by atoms with Crippen molar-refractivity contribution in [1.29, 1.82) is 0 Å². The van der Waals surface area contributed by atoms with E-state index in [9.17, 15) is 14.4 Å². The first kappa shape index (κ1) is 20.0. The molecule has 1 rings (SSSR count). The molecule has 0 saturated heterocycles. The summed E-state index contributed by atoms with van der Waals surface area (Å²) in [7, 11) is 1.22. The lowest BCUT2D eigenvalue weighted by Crippen LogP contribution is -2.50. The maximum Gasteiger partial charge on any atom is 0.331 e. The number of hydrogen-bond donors (Lipinski definition) is 2. The molecule has 0 bridgehead atoms. The number of ether oxygens (including phenoxy) is 2. The number of carbonyl (C=O) groups excluding carboxylic acids is 3. The first-order chi connectivity index (χ1) is 11.4. The van der Waals surface area contributed by atoms with Gasteiger partial charge in [-0.2, -0.15) is 0 Å². The Balaban J connectivity index is 2.40. The second-order valence-electron chi connectivity index (χ2n) is 6.29. The number of hydrogen-bond acceptors (Lipinski definition) is 5. The van der Waals surface area contributed by atoms with Crippen molar-refractivity contribution in [1.82, 2.24) is 10.6 Å². The third-order valence-electron chi connectivity index (χ3n) is 4.02. The number of urea groups is 1. The number of carbonyl (C=O) groups is 3. The van der Waals surface area contributed by atoms with Crippen LogP contribution in [0.5, 0.6) is 0 Å². The Kier molecular flexibility index (Phi) is 8.89. The fraction of sp³-hybridized carbons (Fsp3) is 0.706. The third kappa shape index (κ3) is 7.99. The highest BCUT2D eigenvalue weighted by Gasteiger charge is 2.21. The van der Waals surface area contributed by atoms with Crippen LogP contribution in [0.1, 0.15) is 46.0 Å². The summed E-state index contributed by atoms with van der Waals surface area (Å²) in [6, 6.07) is -0.317. The van der Waals surface area contributed by atoms with Gasteiger partial charge in [0.05, 0.1) is 13.2 Å². The number of nitrogens with one attached hydrogen (secondary N) is 2. The molecule has 1 unspecified atom stereocenters. The summed E-state index contributed by atoms with van der Waals surface area (Å²) >= 11 is 0. The van der Waals surface area contributed by atoms with Crippen molar-refractivity contribution in [2.24, 2.45) is 5.92 Å². The zero-order valence-electron chi connectivity index (χ0n) is 14.7. The molecule has 0 heterocycles. The van der Waals surface area contributed by atoms with E-state index in [2.05, 4.69) is 15.4 Å². The predicted octanol–water partition coefficient (Wildman–Crippen LogP) is 1.92. The average Bonchev–Trinajstić information content (AvgIpc) is 2.56. The molecule has 1 saturated carbocycles. The monoisotopic (exact) mass is 340 g/mol. The summed E-state index contributed by atoms with van der Waals surface area (Å²) in [5.41, 5.74) is 0. The lowest BCUT2D eigenvalue weighted by Gasteiger charge is -2.26. The van der Waals surface area contributed by atoms with Crippen LogP contribution in [0.3, 0.4) is 0 Å². The summed E-state index contributed by atoms with van der Waals surface area (Å²) in [6.45, 7) is 3.91. The van der Waals surface area contributed by atoms with Crippen LogP contribution in [0.25, 0.3) is 0 Å². The van der Waals surface area contributed by atoms with Gasteiger partial charge >= 0.3 is 18.0 Å². The van der Waals surface area contributed by atoms with E-state index in [4.69, 9.17) is 4.74 Å². The van der Waals surface area contributed by atoms with Crippen molar-refractivity contribution in [3.05, 3.63) is 12.2 Å². The highest BCUT2D eigenvalue weighted by atomic mass is 16.5. The highest BCUT2D eigenvalue weighted by Crippen LogP contribution is 2.17. The molecular formula is C17H28N2O5. The van der Waals surface area contributed by atoms with Gasteiger partial charge in [-0.1, -0.05) is 33.1 Å². The van der Waals surface area contributed by atoms with E-state index in [-0.39, 0.29) is 30.6 Å². The molecule has 0 aromatic rings. The minimum atomic E-state index is -0.652. The minimum absolute atomic E-state index is 0.0418. The standard InChI is InChI=1S/C17H28N2O5/c1-12(2)14(11-24-16(21)10-9-15(20)23-3)19-17(22)18-13-7-5-4-6-8-13/h9-10,12-14H,4-8,11H2,1-3H3,(H2,18,19,22). The zero-order chi connectivity index (χ0) is 17.9. The number of amides is 2. The van der Waals surface area contributed by atoms with Crippen LogP contribution in [-0.2, 0) is 19.1 Å². The van der Waals surface area contributed by atoms with Crippen molar-refractivity contribution < 1.29 is 23.9 Å². The van der Waals surface area contributed by atoms with Crippen molar-refractivity contribution in [3.63, 3.8) is 0 Å². The largest absolute Gasteiger partial charge is 0.466 e. The summed E-state index contributed by atoms with van der Waals surface area (Å²) in [5, 5.41) is 5.83. The summed E-state index contributed by atoms with van der Waals surface area (Å²) < 4.78 is 9.47. The molecule has 0 spiro atoms. The first-order valence-electron chi connectivity index (χ1n) is 8.42. The summed E-state index contributed by atoms with van der Waals surface area (Å²) in [4.78, 5) is 34.5. The Hall–Kier alpha value is -2.05. The van der Waals surface area contributed by atoms with Crippen LogP contribution in [0, 0.1) is 5.92 Å². The maximum atomic E-state index is 12.1. The molecule has 136 valence electrons. The van der Waals surface area contributed by atoms with Crippen molar-refractivity contribution >= 4 is 18.0 Å². The topological polar surface area (TPSA) is 93.7 Å². The van der Waals surface area contributed by atoms with Gasteiger partial charge in [-0.05, 0) is 18.8 Å². The van der Waals surface area contributed by atoms with Gasteiger partial charge in [0.15, 0.2) is 0 Å². The Bertz CT molecular complexity index is 456. The Morgan fingerprint density at radius 2 is 1.71 bits per heavy atom. The fourth-order valence-electron chi connectivity index (χ4n) is 2.47. The van der Waals surface area contributed by atoms with Crippen molar-refractivity contribution in [2.75, 3.05) is 13.7 Å². The molecule has 1 aliphatic carbocycles. The molecule has 0 aromatic carbocycles. The van der Waals surface area contributed by atoms with Gasteiger partial charge in [0.2, 0.25) is 0 Å². The predicted molar refractivity (Wildman–Crippen MR) is 89.3 cm³/mol. The molecule has 1 fully saturated rings. The molecule has 2 amide bonds. The first-order valence-corrected chi connectivity index (χ1v) is 8.42. The zero-order valence-corrected chi connectivity index (χ0v) is 14.7. The summed E-state index contributed by atoms with van der Waals surface area (Å²) in [6.07, 6.45) is 7.52. The second kappa shape index (κ2) is 10.7. The Morgan fingerprint density at radius 3 is 2.29 bits per heavy atom. The minimum Gasteiger partial charge on any atom is -0.466 e. The van der Waals surface area contributed by atoms with E-state index in [0.29, 0.717) is 0 Å². The highest BCUT2D eigenvalue weighted by molar-refractivity contribution is 5.91. The lowest BCUT2D eigenvalue weighted by molar-refractivity contribution is -0.140. The third-order valence-corrected chi connectivity index (χ3v) is 4.02. The molecule has 2 N–H and O–H groups in total. The molecule has 1 atom stereocenters. The van der Waals surface area contributed by atoms with Crippen molar-refractivity contribution in [3.8, 4) is 0 Å². The Labute approximate surface area is 143 Å². The van der Waals surface area contributed by atoms with Gasteiger partial charge in [-0.15, -0.1) is 0 Å². The van der Waals surface area contributed by atoms with Crippen LogP contribution >= 0.6 is 0 Å². The SMILES string of the molecule is COC(=O)C=CC(=O)OCC(NC(=O)NC1CCCCC1)C(C)C. The van der Waals surface area contributed by atoms with E-state index in [0.717, 1.165) is 37.8 Å². The summed E-state index contributed by atoms with van der Waals surface area (Å²) in [5.74, 6) is -1.18. The van der Waals surface area contributed by atoms with E-state index >= 15 is 0 Å². The van der Waals surface area contributed by atoms with Gasteiger partial charge in [0.1, 0.15) is 6.61 Å². The van der Waals surface area contributed by atoms with Crippen LogP contribution in [-0.4, -0.2) is 43.8 Å². The van der Waals surface area contributed by atoms with E-state index in [1.165, 1.54) is 13.5 Å². The molecule has 7 nitrogen and oxygen atoms in total. The smallest absolute Gasteiger partial charge is 0.331 e. The van der Waals surface area contributed by atoms with Gasteiger partial charge in [0, 0.05) is 18.2 Å². The van der Waals surface area contributed by atoms with Crippen LogP contribution in [0.4, 0.5) is 4.79 Å². The maximum absolute atomic E-state index is 12.1. The van der Waals surface area contributed by atoms with E-state index in [1.807, 2.05) is 13.8 Å². The molecule has 0 radical (unpaired) electrons. The van der Waals surface area contributed by atoms with Gasteiger partial charge < -0.3 is 20.1 Å². The van der Waals surface area contributed by atoms with Gasteiger partial charge in [-0.25, -0.2) is 14.4 Å². The molecule has 0 aliphatic heterocycles. The number of methoxy groups -OCH3 is 1. The second-order valence-corrected chi connectivity index (χ2v) is 6.29. The van der Waals surface area contributed by atoms with Crippen LogP contribution in [0.15, 0.2) is 12.2 Å². The Morgan fingerprint density at radius 1 is 1.08 bits per heavy atom. The lowest BCUT2D eigenvalue weighted by atomic mass is 9.96. The number of rotatable bonds is 7. The van der Waals surface area contributed by atoms with E-state index in [1.54, 1.807) is 0 Å². The van der Waals surface area contributed by atoms with Gasteiger partial charge in [-0.3, -0.25) is 0 Å². The normalized spacial score (nSPS) is 16.7. The molecule has 24 heavy (non-hydrogen) atoms. The van der Waals surface area contributed by atoms with Crippen molar-refractivity contribution in [2.45, 2.75) is 58.0 Å². The van der Waals surface area contributed by atoms with Gasteiger partial charge in [0.25, 0.3) is 0 Å². The molecule has 7 heteroatoms. The molecule has 1 aliphatic rings. The fourth-order valence-corrected chi connectivity index (χ4v) is 2.47. The van der Waals surface area contributed by atoms with E-state index < -0.39 is 11.9 Å². The molecule has 0 aromatic heterocycles. The molecular weight excluding hydrogens is 312 g/mol. The number of esters is 2. The quantitative estimate of drug-likeness (QED) is 0.545. The van der Waals surface area contributed by atoms with Crippen LogP contribution in [0.2, 0.25) is 0 Å². The average molecular weight is 340 g/mol.